The van der Waals surface area contributed by atoms with E-state index in [1.807, 2.05) is 6.92 Å². The summed E-state index contributed by atoms with van der Waals surface area (Å²) in [6, 6.07) is 0.437. The van der Waals surface area contributed by atoms with E-state index in [9.17, 15) is 28.3 Å². The van der Waals surface area contributed by atoms with Crippen LogP contribution in [0.15, 0.2) is 21.7 Å². The van der Waals surface area contributed by atoms with Gasteiger partial charge in [0.1, 0.15) is 34.4 Å². The summed E-state index contributed by atoms with van der Waals surface area (Å²) in [6.07, 6.45) is -1.02. The first kappa shape index (κ1) is 24.2. The quantitative estimate of drug-likeness (QED) is 0.362. The Kier molecular flexibility index (Phi) is 6.57. The van der Waals surface area contributed by atoms with E-state index in [1.54, 1.807) is 0 Å². The lowest BCUT2D eigenvalue weighted by Crippen LogP contribution is -2.70. The molecule has 2 aromatic rings. The smallest absolute Gasteiger partial charge is 0.352 e. The Morgan fingerprint density at radius 2 is 2.11 bits per heavy atom. The highest BCUT2D eigenvalue weighted by Crippen LogP contribution is 2.42. The SMILES string of the molecule is Cc1nnc(SCC2=C(C(=O)O)N3C(=O)C(NC(=O)Cn4nc(C(F)F)cc4C4CC4)C3SC2)s1. The summed E-state index contributed by atoms with van der Waals surface area (Å²) in [7, 11) is 0. The molecule has 2 amide bonds. The molecule has 0 radical (unpaired) electrons. The Morgan fingerprint density at radius 3 is 2.74 bits per heavy atom. The van der Waals surface area contributed by atoms with E-state index in [-0.39, 0.29) is 23.9 Å². The zero-order valence-electron chi connectivity index (χ0n) is 18.3. The van der Waals surface area contributed by atoms with Crippen molar-refractivity contribution in [3.8, 4) is 0 Å². The van der Waals surface area contributed by atoms with Crippen LogP contribution >= 0.6 is 34.9 Å². The lowest BCUT2D eigenvalue weighted by Gasteiger charge is -2.49. The number of alkyl halides is 2. The van der Waals surface area contributed by atoms with Crippen LogP contribution in [0.3, 0.4) is 0 Å². The number of aliphatic carboxylic acids is 1. The van der Waals surface area contributed by atoms with Gasteiger partial charge in [0, 0.05) is 23.1 Å². The summed E-state index contributed by atoms with van der Waals surface area (Å²) >= 11 is 4.14. The number of carbonyl (C=O) groups excluding carboxylic acids is 2. The molecule has 2 aliphatic heterocycles. The third kappa shape index (κ3) is 4.80. The van der Waals surface area contributed by atoms with Crippen LogP contribution in [0.1, 0.15) is 41.6 Å². The third-order valence-corrected chi connectivity index (χ3v) is 9.18. The van der Waals surface area contributed by atoms with E-state index >= 15 is 0 Å². The molecule has 0 aromatic carbocycles. The first-order valence-corrected chi connectivity index (χ1v) is 13.6. The number of nitrogens with one attached hydrogen (secondary N) is 1. The van der Waals surface area contributed by atoms with Gasteiger partial charge in [-0.05, 0) is 31.4 Å². The molecule has 4 heterocycles. The zero-order chi connectivity index (χ0) is 24.9. The molecule has 35 heavy (non-hydrogen) atoms. The predicted molar refractivity (Wildman–Crippen MR) is 124 cm³/mol. The maximum atomic E-state index is 13.1. The number of aryl methyl sites for hydroxylation is 1. The molecule has 1 saturated heterocycles. The fourth-order valence-electron chi connectivity index (χ4n) is 4.03. The number of halogens is 2. The van der Waals surface area contributed by atoms with Gasteiger partial charge in [-0.2, -0.15) is 5.10 Å². The van der Waals surface area contributed by atoms with Gasteiger partial charge in [-0.1, -0.05) is 23.1 Å². The number of fused-ring (bicyclic) bond motifs is 1. The second-order valence-corrected chi connectivity index (χ2v) is 11.8. The molecule has 186 valence electrons. The molecule has 3 aliphatic rings. The number of amides is 2. The number of hydrogen-bond donors (Lipinski definition) is 2. The molecule has 2 atom stereocenters. The number of nitrogens with zero attached hydrogens (tertiary/aromatic N) is 5. The molecule has 15 heteroatoms. The summed E-state index contributed by atoms with van der Waals surface area (Å²) in [5, 5.41) is 24.5. The lowest BCUT2D eigenvalue weighted by atomic mass is 10.0. The third-order valence-electron chi connectivity index (χ3n) is 5.79. The van der Waals surface area contributed by atoms with Gasteiger partial charge in [-0.25, -0.2) is 13.6 Å². The zero-order valence-corrected chi connectivity index (χ0v) is 20.8. The van der Waals surface area contributed by atoms with Crippen LogP contribution in [0, 0.1) is 6.92 Å². The second-order valence-electron chi connectivity index (χ2n) is 8.31. The number of carboxylic acid groups (broad SMARTS) is 1. The molecule has 10 nitrogen and oxygen atoms in total. The van der Waals surface area contributed by atoms with E-state index in [1.165, 1.54) is 50.5 Å². The lowest BCUT2D eigenvalue weighted by molar-refractivity contribution is -0.150. The molecule has 2 aromatic heterocycles. The van der Waals surface area contributed by atoms with Crippen molar-refractivity contribution in [2.75, 3.05) is 11.5 Å². The Hall–Kier alpha value is -2.52. The Bertz CT molecular complexity index is 1230. The molecule has 1 aliphatic carbocycles. The number of thioether (sulfide) groups is 2. The fraction of sp³-hybridized carbons (Fsp3) is 0.500. The van der Waals surface area contributed by atoms with E-state index in [2.05, 4.69) is 20.6 Å². The van der Waals surface area contributed by atoms with Crippen molar-refractivity contribution < 1.29 is 28.3 Å². The number of carbonyl (C=O) groups is 3. The van der Waals surface area contributed by atoms with Gasteiger partial charge in [-0.15, -0.1) is 22.0 Å². The first-order valence-electron chi connectivity index (χ1n) is 10.7. The van der Waals surface area contributed by atoms with Crippen LogP contribution in [0.5, 0.6) is 0 Å². The van der Waals surface area contributed by atoms with Crippen molar-refractivity contribution in [1.82, 2.24) is 30.2 Å². The number of aromatic nitrogens is 4. The van der Waals surface area contributed by atoms with Gasteiger partial charge < -0.3 is 10.4 Å². The van der Waals surface area contributed by atoms with Crippen LogP contribution in [0.25, 0.3) is 0 Å². The number of rotatable bonds is 9. The van der Waals surface area contributed by atoms with Crippen molar-refractivity contribution in [2.24, 2.45) is 0 Å². The van der Waals surface area contributed by atoms with E-state index in [0.29, 0.717) is 27.1 Å². The minimum Gasteiger partial charge on any atom is -0.477 e. The summed E-state index contributed by atoms with van der Waals surface area (Å²) in [5.74, 6) is -1.41. The Balaban J connectivity index is 1.25. The van der Waals surface area contributed by atoms with Crippen LogP contribution in [-0.2, 0) is 20.9 Å². The van der Waals surface area contributed by atoms with E-state index in [4.69, 9.17) is 0 Å². The van der Waals surface area contributed by atoms with Crippen molar-refractivity contribution in [1.29, 1.82) is 0 Å². The summed E-state index contributed by atoms with van der Waals surface area (Å²) in [5.41, 5.74) is 0.745. The van der Waals surface area contributed by atoms with Crippen molar-refractivity contribution in [2.45, 2.75) is 54.4 Å². The minimum absolute atomic E-state index is 0.0670. The van der Waals surface area contributed by atoms with E-state index < -0.39 is 35.6 Å². The van der Waals surface area contributed by atoms with Gasteiger partial charge >= 0.3 is 5.97 Å². The summed E-state index contributed by atoms with van der Waals surface area (Å²) in [6.45, 7) is 1.54. The molecular weight excluding hydrogens is 522 g/mol. The molecule has 2 N–H and O–H groups in total. The second kappa shape index (κ2) is 9.50. The van der Waals surface area contributed by atoms with Crippen molar-refractivity contribution in [3.05, 3.63) is 33.7 Å². The number of β-lactam (4-membered cyclic amide) rings is 1. The predicted octanol–water partition coefficient (Wildman–Crippen LogP) is 2.39. The molecular formula is C20H20F2N6O4S3. The average molecular weight is 543 g/mol. The molecule has 0 spiro atoms. The van der Waals surface area contributed by atoms with Crippen LogP contribution < -0.4 is 5.32 Å². The van der Waals surface area contributed by atoms with Crippen LogP contribution in [0.2, 0.25) is 0 Å². The molecule has 0 bridgehead atoms. The number of hydrogen-bond acceptors (Lipinski definition) is 9. The van der Waals surface area contributed by atoms with Gasteiger partial charge in [0.25, 0.3) is 12.3 Å². The molecule has 5 rings (SSSR count). The topological polar surface area (TPSA) is 130 Å². The van der Waals surface area contributed by atoms with Crippen molar-refractivity contribution in [3.63, 3.8) is 0 Å². The summed E-state index contributed by atoms with van der Waals surface area (Å²) in [4.78, 5) is 38.7. The van der Waals surface area contributed by atoms with Crippen molar-refractivity contribution >= 4 is 52.6 Å². The maximum Gasteiger partial charge on any atom is 0.352 e. The average Bonchev–Trinajstić information content (AvgIpc) is 3.44. The van der Waals surface area contributed by atoms with Gasteiger partial charge in [0.05, 0.1) is 0 Å². The molecule has 2 unspecified atom stereocenters. The fourth-order valence-corrected chi connectivity index (χ4v) is 7.33. The highest BCUT2D eigenvalue weighted by atomic mass is 32.2. The Morgan fingerprint density at radius 1 is 1.34 bits per heavy atom. The standard InChI is InChI=1S/C20H20F2N6O4S3/c1-8-24-25-20(35-8)34-7-10-6-33-18-14(17(30)28(18)15(10)19(31)32)23-13(29)5-27-12(9-2-3-9)4-11(26-27)16(21)22/h4,9,14,16,18H,2-3,5-7H2,1H3,(H,23,29)(H,31,32). The minimum atomic E-state index is -2.73. The van der Waals surface area contributed by atoms with Gasteiger partial charge in [0.2, 0.25) is 5.91 Å². The summed E-state index contributed by atoms with van der Waals surface area (Å²) < 4.78 is 28.2. The molecule has 1 saturated carbocycles. The first-order chi connectivity index (χ1) is 16.7. The number of carboxylic acids is 1. The van der Waals surface area contributed by atoms with Crippen LogP contribution in [0.4, 0.5) is 8.78 Å². The van der Waals surface area contributed by atoms with Gasteiger partial charge in [0.15, 0.2) is 4.34 Å². The normalized spacial score (nSPS) is 21.8. The van der Waals surface area contributed by atoms with Crippen LogP contribution in [-0.4, -0.2) is 70.7 Å². The highest BCUT2D eigenvalue weighted by molar-refractivity contribution is 8.01. The van der Waals surface area contributed by atoms with E-state index in [0.717, 1.165) is 17.8 Å². The molecule has 2 fully saturated rings. The monoisotopic (exact) mass is 542 g/mol. The maximum absolute atomic E-state index is 13.1. The largest absolute Gasteiger partial charge is 0.477 e. The Labute approximate surface area is 210 Å². The highest BCUT2D eigenvalue weighted by Gasteiger charge is 2.54. The van der Waals surface area contributed by atoms with Gasteiger partial charge in [-0.3, -0.25) is 19.2 Å².